The third-order valence-corrected chi connectivity index (χ3v) is 5.82. The minimum atomic E-state index is -0.491. The Hall–Kier alpha value is -1.67. The lowest BCUT2D eigenvalue weighted by Gasteiger charge is -2.31. The molecule has 0 bridgehead atoms. The highest BCUT2D eigenvalue weighted by molar-refractivity contribution is 5.80. The van der Waals surface area contributed by atoms with Gasteiger partial charge in [0, 0.05) is 39.0 Å². The molecular weight excluding hydrogens is 384 g/mol. The fourth-order valence-corrected chi connectivity index (χ4v) is 3.80. The number of nitrogens with one attached hydrogen (secondary N) is 1. The summed E-state index contributed by atoms with van der Waals surface area (Å²) in [6, 6.07) is 8.45. The Kier molecular flexibility index (Phi) is 9.39. The van der Waals surface area contributed by atoms with E-state index in [1.54, 1.807) is 6.92 Å². The van der Waals surface area contributed by atoms with E-state index in [-0.39, 0.29) is 12.0 Å². The van der Waals surface area contributed by atoms with Crippen LogP contribution in [0.4, 0.5) is 0 Å². The number of carbonyl (C=O) groups is 1. The predicted molar refractivity (Wildman–Crippen MR) is 115 cm³/mol. The quantitative estimate of drug-likeness (QED) is 0.593. The zero-order valence-corrected chi connectivity index (χ0v) is 18.3. The minimum Gasteiger partial charge on any atom is -0.492 e. The fourth-order valence-electron chi connectivity index (χ4n) is 3.80. The van der Waals surface area contributed by atoms with E-state index in [2.05, 4.69) is 17.3 Å². The molecule has 1 aromatic carbocycles. The summed E-state index contributed by atoms with van der Waals surface area (Å²) in [6.07, 6.45) is 3.88. The standard InChI is InChI=1S/C23H36N2O5/c1-18(30-17-22-7-4-11-28-22)23(26)24-16-19-5-3-6-21(15-19)29-14-10-25(2)20-8-12-27-13-9-20/h3,5-6,15,18,20,22H,4,7-14,16-17H2,1-2H3,(H,24,26). The molecule has 1 amide bonds. The number of carbonyl (C=O) groups excluding carboxylic acids is 1. The van der Waals surface area contributed by atoms with Gasteiger partial charge in [0.25, 0.3) is 0 Å². The van der Waals surface area contributed by atoms with Crippen LogP contribution in [0.1, 0.15) is 38.2 Å². The van der Waals surface area contributed by atoms with Gasteiger partial charge in [-0.25, -0.2) is 0 Å². The van der Waals surface area contributed by atoms with Crippen LogP contribution in [0, 0.1) is 0 Å². The van der Waals surface area contributed by atoms with Gasteiger partial charge in [0.2, 0.25) is 5.91 Å². The van der Waals surface area contributed by atoms with Gasteiger partial charge in [0.1, 0.15) is 18.5 Å². The third-order valence-electron chi connectivity index (χ3n) is 5.82. The third kappa shape index (κ3) is 7.54. The summed E-state index contributed by atoms with van der Waals surface area (Å²) in [5.41, 5.74) is 1.00. The highest BCUT2D eigenvalue weighted by atomic mass is 16.5. The zero-order valence-electron chi connectivity index (χ0n) is 18.3. The van der Waals surface area contributed by atoms with Crippen molar-refractivity contribution < 1.29 is 23.7 Å². The average Bonchev–Trinajstić information content (AvgIpc) is 3.30. The van der Waals surface area contributed by atoms with E-state index in [0.29, 0.717) is 25.8 Å². The first-order chi connectivity index (χ1) is 14.6. The predicted octanol–water partition coefficient (Wildman–Crippen LogP) is 2.38. The van der Waals surface area contributed by atoms with Crippen molar-refractivity contribution in [2.24, 2.45) is 0 Å². The topological polar surface area (TPSA) is 69.3 Å². The van der Waals surface area contributed by atoms with Crippen molar-refractivity contribution in [2.75, 3.05) is 46.6 Å². The maximum absolute atomic E-state index is 12.3. The van der Waals surface area contributed by atoms with Crippen molar-refractivity contribution in [1.82, 2.24) is 10.2 Å². The Morgan fingerprint density at radius 2 is 2.10 bits per heavy atom. The Balaban J connectivity index is 1.35. The van der Waals surface area contributed by atoms with Crippen molar-refractivity contribution in [3.05, 3.63) is 29.8 Å². The molecule has 2 fully saturated rings. The lowest BCUT2D eigenvalue weighted by molar-refractivity contribution is -0.133. The Bertz CT molecular complexity index is 644. The fraction of sp³-hybridized carbons (Fsp3) is 0.696. The summed E-state index contributed by atoms with van der Waals surface area (Å²) < 4.78 is 22.5. The zero-order chi connectivity index (χ0) is 21.2. The molecule has 2 saturated heterocycles. The van der Waals surface area contributed by atoms with E-state index >= 15 is 0 Å². The maximum Gasteiger partial charge on any atom is 0.249 e. The number of hydrogen-bond donors (Lipinski definition) is 1. The number of likely N-dealkylation sites (N-methyl/N-ethyl adjacent to an activating group) is 1. The van der Waals surface area contributed by atoms with E-state index in [4.69, 9.17) is 18.9 Å². The van der Waals surface area contributed by atoms with E-state index in [0.717, 1.165) is 63.4 Å². The Morgan fingerprint density at radius 1 is 1.27 bits per heavy atom. The van der Waals surface area contributed by atoms with Gasteiger partial charge in [-0.05, 0) is 57.4 Å². The largest absolute Gasteiger partial charge is 0.492 e. The number of benzene rings is 1. The number of hydrogen-bond acceptors (Lipinski definition) is 6. The van der Waals surface area contributed by atoms with Crippen LogP contribution in [0.5, 0.6) is 5.75 Å². The molecule has 3 rings (SSSR count). The molecule has 0 radical (unpaired) electrons. The number of ether oxygens (including phenoxy) is 4. The summed E-state index contributed by atoms with van der Waals surface area (Å²) in [6.45, 7) is 6.70. The molecule has 7 heteroatoms. The first-order valence-electron chi connectivity index (χ1n) is 11.1. The van der Waals surface area contributed by atoms with Crippen LogP contribution in [0.15, 0.2) is 24.3 Å². The van der Waals surface area contributed by atoms with Crippen molar-refractivity contribution in [3.63, 3.8) is 0 Å². The van der Waals surface area contributed by atoms with Crippen LogP contribution in [-0.4, -0.2) is 75.7 Å². The summed E-state index contributed by atoms with van der Waals surface area (Å²) in [4.78, 5) is 14.6. The maximum atomic E-state index is 12.3. The Morgan fingerprint density at radius 3 is 2.87 bits per heavy atom. The van der Waals surface area contributed by atoms with Gasteiger partial charge in [0.15, 0.2) is 0 Å². The van der Waals surface area contributed by atoms with Crippen molar-refractivity contribution in [3.8, 4) is 5.75 Å². The van der Waals surface area contributed by atoms with Crippen LogP contribution in [0.3, 0.4) is 0 Å². The summed E-state index contributed by atoms with van der Waals surface area (Å²) in [7, 11) is 2.15. The molecule has 2 unspecified atom stereocenters. The number of amides is 1. The minimum absolute atomic E-state index is 0.114. The average molecular weight is 421 g/mol. The van der Waals surface area contributed by atoms with Crippen molar-refractivity contribution in [2.45, 2.75) is 57.4 Å². The first-order valence-corrected chi connectivity index (χ1v) is 11.1. The van der Waals surface area contributed by atoms with Crippen molar-refractivity contribution in [1.29, 1.82) is 0 Å². The van der Waals surface area contributed by atoms with Gasteiger partial charge in [-0.15, -0.1) is 0 Å². The first kappa shape index (κ1) is 23.0. The second-order valence-electron chi connectivity index (χ2n) is 8.15. The van der Waals surface area contributed by atoms with Crippen LogP contribution in [0.25, 0.3) is 0 Å². The normalized spacial score (nSPS) is 21.0. The molecule has 7 nitrogen and oxygen atoms in total. The SMILES string of the molecule is CC(OCC1CCCO1)C(=O)NCc1cccc(OCCN(C)C2CCOCC2)c1. The monoisotopic (exact) mass is 420 g/mol. The molecule has 0 aromatic heterocycles. The van der Waals surface area contributed by atoms with Crippen LogP contribution >= 0.6 is 0 Å². The second-order valence-corrected chi connectivity index (χ2v) is 8.15. The van der Waals surface area contributed by atoms with Crippen LogP contribution in [-0.2, 0) is 25.5 Å². The van der Waals surface area contributed by atoms with E-state index in [1.165, 1.54) is 0 Å². The number of nitrogens with zero attached hydrogens (tertiary/aromatic N) is 1. The molecule has 2 aliphatic heterocycles. The number of rotatable bonds is 11. The molecule has 0 spiro atoms. The molecule has 0 saturated carbocycles. The molecule has 2 atom stereocenters. The summed E-state index contributed by atoms with van der Waals surface area (Å²) in [5, 5.41) is 2.94. The Labute approximate surface area is 180 Å². The molecule has 2 aliphatic rings. The summed E-state index contributed by atoms with van der Waals surface area (Å²) >= 11 is 0. The lowest BCUT2D eigenvalue weighted by Crippen LogP contribution is -2.38. The smallest absolute Gasteiger partial charge is 0.249 e. The lowest BCUT2D eigenvalue weighted by atomic mass is 10.1. The molecule has 30 heavy (non-hydrogen) atoms. The van der Waals surface area contributed by atoms with E-state index < -0.39 is 6.10 Å². The van der Waals surface area contributed by atoms with Gasteiger partial charge in [-0.1, -0.05) is 12.1 Å². The van der Waals surface area contributed by atoms with Gasteiger partial charge in [-0.2, -0.15) is 0 Å². The second kappa shape index (κ2) is 12.2. The van der Waals surface area contributed by atoms with Gasteiger partial charge in [0.05, 0.1) is 12.7 Å². The van der Waals surface area contributed by atoms with Crippen LogP contribution in [0.2, 0.25) is 0 Å². The molecule has 1 aromatic rings. The van der Waals surface area contributed by atoms with Crippen molar-refractivity contribution >= 4 is 5.91 Å². The highest BCUT2D eigenvalue weighted by Gasteiger charge is 2.20. The van der Waals surface area contributed by atoms with Gasteiger partial charge >= 0.3 is 0 Å². The highest BCUT2D eigenvalue weighted by Crippen LogP contribution is 2.16. The molecular formula is C23H36N2O5. The molecule has 2 heterocycles. The molecule has 1 N–H and O–H groups in total. The van der Waals surface area contributed by atoms with E-state index in [1.807, 2.05) is 24.3 Å². The van der Waals surface area contributed by atoms with E-state index in [9.17, 15) is 4.79 Å². The molecule has 168 valence electrons. The van der Waals surface area contributed by atoms with Gasteiger partial charge < -0.3 is 24.3 Å². The molecule has 0 aliphatic carbocycles. The van der Waals surface area contributed by atoms with Crippen LogP contribution < -0.4 is 10.1 Å². The summed E-state index contributed by atoms with van der Waals surface area (Å²) in [5.74, 6) is 0.710. The van der Waals surface area contributed by atoms with Gasteiger partial charge in [-0.3, -0.25) is 9.69 Å².